The van der Waals surface area contributed by atoms with Gasteiger partial charge in [-0.1, -0.05) is 42.5 Å². The minimum absolute atomic E-state index is 0.0199. The first-order valence-corrected chi connectivity index (χ1v) is 10.8. The predicted octanol–water partition coefficient (Wildman–Crippen LogP) is 2.07. The van der Waals surface area contributed by atoms with Crippen molar-refractivity contribution >= 4 is 26.5 Å². The van der Waals surface area contributed by atoms with Crippen molar-refractivity contribution < 1.29 is 13.3 Å². The van der Waals surface area contributed by atoms with E-state index in [0.29, 0.717) is 11.4 Å². The van der Waals surface area contributed by atoms with E-state index in [1.807, 2.05) is 63.4 Å². The molecule has 0 bridgehead atoms. The van der Waals surface area contributed by atoms with E-state index in [-0.39, 0.29) is 6.04 Å². The molecule has 0 aliphatic carbocycles. The summed E-state index contributed by atoms with van der Waals surface area (Å²) in [5.41, 5.74) is 2.22. The summed E-state index contributed by atoms with van der Waals surface area (Å²) in [6, 6.07) is 21.3. The Morgan fingerprint density at radius 2 is 1.57 bits per heavy atom. The van der Waals surface area contributed by atoms with E-state index >= 15 is 0 Å². The fourth-order valence-corrected chi connectivity index (χ4v) is 4.35. The summed E-state index contributed by atoms with van der Waals surface area (Å²) in [6.07, 6.45) is 0. The van der Waals surface area contributed by atoms with E-state index in [9.17, 15) is 8.42 Å². The van der Waals surface area contributed by atoms with Crippen LogP contribution in [0.25, 0.3) is 10.8 Å². The van der Waals surface area contributed by atoms with Crippen LogP contribution in [0.3, 0.4) is 0 Å². The number of nitrogens with one attached hydrogen (secondary N) is 2. The molecule has 0 saturated carbocycles. The van der Waals surface area contributed by atoms with E-state index in [1.54, 1.807) is 12.1 Å². The zero-order chi connectivity index (χ0) is 20.3. The summed E-state index contributed by atoms with van der Waals surface area (Å²) >= 11 is 0. The van der Waals surface area contributed by atoms with Gasteiger partial charge in [0.2, 0.25) is 10.0 Å². The summed E-state index contributed by atoms with van der Waals surface area (Å²) in [7, 11) is 4.49. The van der Waals surface area contributed by atoms with Crippen LogP contribution in [0.1, 0.15) is 11.6 Å². The van der Waals surface area contributed by atoms with Crippen molar-refractivity contribution in [3.63, 3.8) is 0 Å². The number of likely N-dealkylation sites (N-methyl/N-ethyl adjacent to an activating group) is 1. The van der Waals surface area contributed by atoms with Crippen LogP contribution in [0.4, 0.5) is 5.69 Å². The topological polar surface area (TPSA) is 53.9 Å². The van der Waals surface area contributed by atoms with E-state index < -0.39 is 10.0 Å². The van der Waals surface area contributed by atoms with Gasteiger partial charge in [-0.15, -0.1) is 0 Å². The van der Waals surface area contributed by atoms with Gasteiger partial charge in [0.1, 0.15) is 6.04 Å². The third-order valence-corrected chi connectivity index (χ3v) is 6.44. The number of hydrogen-bond acceptors (Lipinski definition) is 3. The van der Waals surface area contributed by atoms with Gasteiger partial charge in [-0.3, -0.25) is 0 Å². The molecular weight excluding hydrogens is 370 g/mol. The number of sulfonamides is 1. The van der Waals surface area contributed by atoms with Crippen molar-refractivity contribution in [2.45, 2.75) is 10.9 Å². The summed E-state index contributed by atoms with van der Waals surface area (Å²) < 4.78 is 28.5. The van der Waals surface area contributed by atoms with Gasteiger partial charge in [0.25, 0.3) is 0 Å². The van der Waals surface area contributed by atoms with Crippen molar-refractivity contribution in [2.75, 3.05) is 39.6 Å². The maximum absolute atomic E-state index is 12.9. The molecule has 0 saturated heterocycles. The van der Waals surface area contributed by atoms with Crippen LogP contribution in [-0.4, -0.2) is 43.2 Å². The molecule has 2 N–H and O–H groups in total. The number of benzene rings is 3. The van der Waals surface area contributed by atoms with Crippen molar-refractivity contribution in [3.8, 4) is 0 Å². The Labute approximate surface area is 167 Å². The molecule has 3 aromatic carbocycles. The number of anilines is 1. The molecule has 3 aromatic rings. The Morgan fingerprint density at radius 3 is 2.18 bits per heavy atom. The molecule has 0 heterocycles. The molecule has 0 aliphatic rings. The van der Waals surface area contributed by atoms with Crippen LogP contribution in [0.15, 0.2) is 71.6 Å². The highest BCUT2D eigenvalue weighted by Gasteiger charge is 2.22. The highest BCUT2D eigenvalue weighted by Crippen LogP contribution is 2.20. The van der Waals surface area contributed by atoms with Crippen LogP contribution in [0.5, 0.6) is 0 Å². The van der Waals surface area contributed by atoms with Crippen molar-refractivity contribution in [3.05, 3.63) is 72.3 Å². The highest BCUT2D eigenvalue weighted by atomic mass is 32.2. The zero-order valence-electron chi connectivity index (χ0n) is 16.8. The molecule has 6 heteroatoms. The minimum Gasteiger partial charge on any atom is -0.378 e. The summed E-state index contributed by atoms with van der Waals surface area (Å²) in [5.74, 6) is 0. The molecule has 5 nitrogen and oxygen atoms in total. The molecule has 148 valence electrons. The second-order valence-corrected chi connectivity index (χ2v) is 9.24. The van der Waals surface area contributed by atoms with Crippen LogP contribution in [0, 0.1) is 0 Å². The van der Waals surface area contributed by atoms with Gasteiger partial charge in [0.15, 0.2) is 0 Å². The molecule has 28 heavy (non-hydrogen) atoms. The minimum atomic E-state index is -3.58. The Bertz CT molecular complexity index is 1040. The van der Waals surface area contributed by atoms with Crippen LogP contribution >= 0.6 is 0 Å². The fourth-order valence-electron chi connectivity index (χ4n) is 3.27. The highest BCUT2D eigenvalue weighted by molar-refractivity contribution is 7.89. The smallest absolute Gasteiger partial charge is 0.240 e. The molecule has 0 amide bonds. The average Bonchev–Trinajstić information content (AvgIpc) is 2.67. The molecule has 0 fully saturated rings. The van der Waals surface area contributed by atoms with E-state index in [4.69, 9.17) is 0 Å². The van der Waals surface area contributed by atoms with Gasteiger partial charge < -0.3 is 9.80 Å². The number of rotatable bonds is 7. The Morgan fingerprint density at radius 1 is 0.929 bits per heavy atom. The second kappa shape index (κ2) is 8.31. The largest absolute Gasteiger partial charge is 0.378 e. The van der Waals surface area contributed by atoms with Gasteiger partial charge in [-0.05, 0) is 35.0 Å². The molecule has 1 atom stereocenters. The molecule has 3 rings (SSSR count). The normalized spacial score (nSPS) is 13.0. The van der Waals surface area contributed by atoms with Gasteiger partial charge in [-0.25, -0.2) is 13.1 Å². The fraction of sp³-hybridized carbons (Fsp3) is 0.273. The third kappa shape index (κ3) is 4.52. The molecule has 0 spiro atoms. The number of nitrogens with zero attached hydrogens (tertiary/aromatic N) is 1. The third-order valence-electron chi connectivity index (χ3n) is 5.02. The molecular formula is C22H28N3O2S+. The van der Waals surface area contributed by atoms with E-state index in [2.05, 4.69) is 29.0 Å². The van der Waals surface area contributed by atoms with Crippen LogP contribution in [-0.2, 0) is 10.0 Å². The Balaban J connectivity index is 1.79. The monoisotopic (exact) mass is 398 g/mol. The van der Waals surface area contributed by atoms with Gasteiger partial charge in [-0.2, -0.15) is 0 Å². The molecule has 0 aromatic heterocycles. The lowest BCUT2D eigenvalue weighted by molar-refractivity contribution is -0.890. The summed E-state index contributed by atoms with van der Waals surface area (Å²) in [6.45, 7) is 0.332. The average molecular weight is 399 g/mol. The van der Waals surface area contributed by atoms with Gasteiger partial charge >= 0.3 is 0 Å². The van der Waals surface area contributed by atoms with Gasteiger partial charge in [0, 0.05) is 25.3 Å². The van der Waals surface area contributed by atoms with E-state index in [1.165, 1.54) is 4.90 Å². The van der Waals surface area contributed by atoms with E-state index in [0.717, 1.165) is 22.0 Å². The lowest BCUT2D eigenvalue weighted by atomic mass is 10.1. The molecule has 0 aliphatic heterocycles. The zero-order valence-corrected chi connectivity index (χ0v) is 17.6. The summed E-state index contributed by atoms with van der Waals surface area (Å²) in [5, 5.41) is 1.94. The van der Waals surface area contributed by atoms with Crippen molar-refractivity contribution in [1.29, 1.82) is 0 Å². The standard InChI is InChI=1S/C22H27N3O2S/c1-24(2)20-12-9-18(10-13-20)22(25(3)4)16-23-28(26,27)21-14-11-17-7-5-6-8-19(17)15-21/h5-15,22-23H,16H2,1-4H3/p+1/t22-/m0/s1. The first kappa shape index (κ1) is 20.3. The molecule has 0 radical (unpaired) electrons. The maximum Gasteiger partial charge on any atom is 0.240 e. The lowest BCUT2D eigenvalue weighted by Crippen LogP contribution is -3.07. The second-order valence-electron chi connectivity index (χ2n) is 7.48. The van der Waals surface area contributed by atoms with Crippen molar-refractivity contribution in [2.24, 2.45) is 0 Å². The maximum atomic E-state index is 12.9. The first-order chi connectivity index (χ1) is 13.3. The number of hydrogen-bond donors (Lipinski definition) is 2. The predicted molar refractivity (Wildman–Crippen MR) is 115 cm³/mol. The SMILES string of the molecule is CN(C)c1ccc([C@H](CNS(=O)(=O)c2ccc3ccccc3c2)[NH+](C)C)cc1. The molecule has 0 unspecified atom stereocenters. The Kier molecular flexibility index (Phi) is 6.03. The number of quaternary nitrogens is 1. The van der Waals surface area contributed by atoms with Crippen LogP contribution in [0.2, 0.25) is 0 Å². The van der Waals surface area contributed by atoms with Gasteiger partial charge in [0.05, 0.1) is 25.5 Å². The Hall–Kier alpha value is -2.41. The first-order valence-electron chi connectivity index (χ1n) is 9.34. The summed E-state index contributed by atoms with van der Waals surface area (Å²) in [4.78, 5) is 3.50. The number of fused-ring (bicyclic) bond motifs is 1. The lowest BCUT2D eigenvalue weighted by Gasteiger charge is -2.23. The van der Waals surface area contributed by atoms with Crippen LogP contribution < -0.4 is 14.5 Å². The van der Waals surface area contributed by atoms with Crippen molar-refractivity contribution in [1.82, 2.24) is 4.72 Å². The quantitative estimate of drug-likeness (QED) is 0.641.